The molecular formula is C26H41ClN2O3Si. The molecule has 0 saturated carbocycles. The zero-order valence-corrected chi connectivity index (χ0v) is 23.1. The zero-order valence-electron chi connectivity index (χ0n) is 21.3. The molecule has 5 nitrogen and oxygen atoms in total. The number of allylic oxidation sites excluding steroid dienone is 1. The molecule has 33 heavy (non-hydrogen) atoms. The third-order valence-electron chi connectivity index (χ3n) is 7.09. The molecule has 1 fully saturated rings. The third-order valence-corrected chi connectivity index (χ3v) is 10.0. The second-order valence-electron chi connectivity index (χ2n) is 9.95. The highest BCUT2D eigenvalue weighted by Crippen LogP contribution is 2.50. The van der Waals surface area contributed by atoms with Gasteiger partial charge in [0.05, 0.1) is 14.1 Å². The summed E-state index contributed by atoms with van der Waals surface area (Å²) in [6, 6.07) is 7.71. The van der Waals surface area contributed by atoms with Crippen molar-refractivity contribution in [3.63, 3.8) is 0 Å². The van der Waals surface area contributed by atoms with Crippen LogP contribution in [0.4, 0.5) is 5.69 Å². The van der Waals surface area contributed by atoms with Crippen molar-refractivity contribution in [3.8, 4) is 0 Å². The Kier molecular flexibility index (Phi) is 9.77. The van der Waals surface area contributed by atoms with Crippen molar-refractivity contribution in [3.05, 3.63) is 41.5 Å². The molecule has 1 saturated heterocycles. The van der Waals surface area contributed by atoms with E-state index in [0.717, 1.165) is 29.7 Å². The van der Waals surface area contributed by atoms with Gasteiger partial charge in [0.1, 0.15) is 5.41 Å². The van der Waals surface area contributed by atoms with E-state index in [0.29, 0.717) is 31.0 Å². The van der Waals surface area contributed by atoms with Crippen molar-refractivity contribution in [1.82, 2.24) is 5.32 Å². The number of para-hydroxylation sites is 1. The highest BCUT2D eigenvalue weighted by atomic mass is 35.5. The lowest BCUT2D eigenvalue weighted by Gasteiger charge is -2.42. The maximum Gasteiger partial charge on any atom is 0.240 e. The summed E-state index contributed by atoms with van der Waals surface area (Å²) in [5, 5.41) is 3.12. The number of rotatable bonds is 7. The van der Waals surface area contributed by atoms with Crippen LogP contribution in [0.1, 0.15) is 52.0 Å². The number of benzene rings is 1. The topological polar surface area (TPSA) is 58.6 Å². The van der Waals surface area contributed by atoms with Gasteiger partial charge in [-0.15, -0.1) is 11.6 Å². The van der Waals surface area contributed by atoms with Crippen LogP contribution >= 0.6 is 11.6 Å². The van der Waals surface area contributed by atoms with Crippen LogP contribution in [-0.2, 0) is 19.7 Å². The number of nitrogens with zero attached hydrogens (tertiary/aromatic N) is 1. The van der Waals surface area contributed by atoms with Crippen LogP contribution in [-0.4, -0.2) is 51.2 Å². The number of halogens is 1. The van der Waals surface area contributed by atoms with Gasteiger partial charge in [-0.3, -0.25) is 9.59 Å². The fraction of sp³-hybridized carbons (Fsp3) is 0.615. The molecule has 2 heterocycles. The Morgan fingerprint density at radius 1 is 1.33 bits per heavy atom. The SMILES string of the molecule is CC=C(CC)C1NC(=O)CCC12C(=O)N(CCCCl)c1ccccc12.COC(C)[Si](C)(C)C. The summed E-state index contributed by atoms with van der Waals surface area (Å²) in [4.78, 5) is 27.6. The lowest BCUT2D eigenvalue weighted by molar-refractivity contribution is -0.130. The van der Waals surface area contributed by atoms with Crippen LogP contribution in [0.5, 0.6) is 0 Å². The summed E-state index contributed by atoms with van der Waals surface area (Å²) in [6.07, 6.45) is 4.52. The summed E-state index contributed by atoms with van der Waals surface area (Å²) < 4.78 is 5.18. The van der Waals surface area contributed by atoms with Gasteiger partial charge in [-0.2, -0.15) is 0 Å². The van der Waals surface area contributed by atoms with Crippen molar-refractivity contribution in [2.45, 2.75) is 83.3 Å². The summed E-state index contributed by atoms with van der Waals surface area (Å²) in [5.41, 5.74) is 2.89. The number of ether oxygens (including phenoxy) is 1. The number of alkyl halides is 1. The molecule has 1 N–H and O–H groups in total. The van der Waals surface area contributed by atoms with Crippen molar-refractivity contribution in [2.75, 3.05) is 24.4 Å². The smallest absolute Gasteiger partial charge is 0.240 e. The molecule has 2 aliphatic rings. The first-order chi connectivity index (χ1) is 15.6. The Bertz CT molecular complexity index is 867. The number of carbonyl (C=O) groups excluding carboxylic acids is 2. The first-order valence-electron chi connectivity index (χ1n) is 12.0. The molecule has 7 heteroatoms. The lowest BCUT2D eigenvalue weighted by Crippen LogP contribution is -2.60. The standard InChI is InChI=1S/C20H25ClN2O2.C6H16OSi/c1-3-14(4-2)18-20(11-10-17(24)22-18)15-8-5-6-9-16(15)23(19(20)25)13-7-12-21;1-6(7-2)8(3,4)5/h3,5-6,8-9,18H,4,7,10-13H2,1-2H3,(H,22,24);6H,1-5H3. The van der Waals surface area contributed by atoms with E-state index < -0.39 is 13.5 Å². The van der Waals surface area contributed by atoms with Crippen LogP contribution in [0.3, 0.4) is 0 Å². The normalized spacial score (nSPS) is 23.7. The van der Waals surface area contributed by atoms with E-state index in [1.165, 1.54) is 0 Å². The van der Waals surface area contributed by atoms with Crippen molar-refractivity contribution >= 4 is 37.2 Å². The Hall–Kier alpha value is -1.63. The summed E-state index contributed by atoms with van der Waals surface area (Å²) in [7, 11) is 0.798. The molecule has 3 rings (SSSR count). The molecule has 2 aliphatic heterocycles. The van der Waals surface area contributed by atoms with Crippen molar-refractivity contribution in [2.24, 2.45) is 0 Å². The average Bonchev–Trinajstić information content (AvgIpc) is 3.02. The van der Waals surface area contributed by atoms with Crippen LogP contribution in [0.25, 0.3) is 0 Å². The number of piperidine rings is 1. The van der Waals surface area contributed by atoms with Gasteiger partial charge in [0, 0.05) is 37.4 Å². The van der Waals surface area contributed by atoms with Crippen LogP contribution in [0.2, 0.25) is 19.6 Å². The Balaban J connectivity index is 0.000000414. The zero-order chi connectivity index (χ0) is 24.8. The number of amides is 2. The number of hydrogen-bond donors (Lipinski definition) is 1. The van der Waals surface area contributed by atoms with Gasteiger partial charge < -0.3 is 15.0 Å². The molecule has 2 amide bonds. The fourth-order valence-electron chi connectivity index (χ4n) is 4.66. The van der Waals surface area contributed by atoms with E-state index in [4.69, 9.17) is 16.3 Å². The molecule has 0 radical (unpaired) electrons. The van der Waals surface area contributed by atoms with Gasteiger partial charge in [0.25, 0.3) is 0 Å². The second kappa shape index (κ2) is 11.7. The van der Waals surface area contributed by atoms with Gasteiger partial charge in [-0.1, -0.05) is 56.4 Å². The monoisotopic (exact) mass is 492 g/mol. The Morgan fingerprint density at radius 2 is 2.00 bits per heavy atom. The molecule has 184 valence electrons. The predicted octanol–water partition coefficient (Wildman–Crippen LogP) is 5.43. The lowest BCUT2D eigenvalue weighted by atomic mass is 9.67. The fourth-order valence-corrected chi connectivity index (χ4v) is 5.49. The van der Waals surface area contributed by atoms with E-state index in [2.05, 4.69) is 38.8 Å². The molecule has 1 aromatic carbocycles. The highest BCUT2D eigenvalue weighted by molar-refractivity contribution is 6.77. The molecule has 0 aromatic heterocycles. The Labute approximate surface area is 205 Å². The third kappa shape index (κ3) is 5.72. The van der Waals surface area contributed by atoms with Gasteiger partial charge in [-0.25, -0.2) is 0 Å². The summed E-state index contributed by atoms with van der Waals surface area (Å²) >= 11 is 5.87. The maximum absolute atomic E-state index is 13.6. The molecule has 3 atom stereocenters. The van der Waals surface area contributed by atoms with E-state index >= 15 is 0 Å². The van der Waals surface area contributed by atoms with Crippen molar-refractivity contribution in [1.29, 1.82) is 0 Å². The minimum atomic E-state index is -0.983. The van der Waals surface area contributed by atoms with E-state index in [1.807, 2.05) is 42.2 Å². The molecular weight excluding hydrogens is 452 g/mol. The predicted molar refractivity (Wildman–Crippen MR) is 141 cm³/mol. The quantitative estimate of drug-likeness (QED) is 0.313. The largest absolute Gasteiger partial charge is 0.385 e. The van der Waals surface area contributed by atoms with E-state index in [9.17, 15) is 9.59 Å². The highest BCUT2D eigenvalue weighted by Gasteiger charge is 2.57. The van der Waals surface area contributed by atoms with E-state index in [1.54, 1.807) is 7.11 Å². The minimum Gasteiger partial charge on any atom is -0.385 e. The molecule has 0 bridgehead atoms. The molecule has 0 aliphatic carbocycles. The number of hydrogen-bond acceptors (Lipinski definition) is 3. The first kappa shape index (κ1) is 27.6. The molecule has 3 unspecified atom stereocenters. The van der Waals surface area contributed by atoms with Crippen LogP contribution in [0.15, 0.2) is 35.9 Å². The van der Waals surface area contributed by atoms with E-state index in [-0.39, 0.29) is 17.9 Å². The number of fused-ring (bicyclic) bond motifs is 2. The van der Waals surface area contributed by atoms with Crippen molar-refractivity contribution < 1.29 is 14.3 Å². The molecule has 1 aromatic rings. The summed E-state index contributed by atoms with van der Waals surface area (Å²) in [6.45, 7) is 13.7. The number of carbonyl (C=O) groups is 2. The molecule has 1 spiro atoms. The van der Waals surface area contributed by atoms with Gasteiger partial charge in [0.15, 0.2) is 0 Å². The number of nitrogens with one attached hydrogen (secondary N) is 1. The van der Waals surface area contributed by atoms with Gasteiger partial charge in [-0.05, 0) is 44.7 Å². The van der Waals surface area contributed by atoms with Crippen LogP contribution in [0, 0.1) is 0 Å². The number of anilines is 1. The number of methoxy groups -OCH3 is 1. The average molecular weight is 493 g/mol. The summed E-state index contributed by atoms with van der Waals surface area (Å²) in [5.74, 6) is 0.637. The maximum atomic E-state index is 13.6. The first-order valence-corrected chi connectivity index (χ1v) is 16.1. The second-order valence-corrected chi connectivity index (χ2v) is 15.9. The minimum absolute atomic E-state index is 0.0212. The van der Waals surface area contributed by atoms with Gasteiger partial charge in [0.2, 0.25) is 11.8 Å². The Morgan fingerprint density at radius 3 is 2.52 bits per heavy atom. The van der Waals surface area contributed by atoms with Crippen LogP contribution < -0.4 is 10.2 Å². The van der Waals surface area contributed by atoms with Gasteiger partial charge >= 0.3 is 0 Å².